The lowest BCUT2D eigenvalue weighted by Gasteiger charge is -2.23. The average Bonchev–Trinajstić information content (AvgIpc) is 2.94. The van der Waals surface area contributed by atoms with Crippen LogP contribution in [0.15, 0.2) is 18.3 Å². The van der Waals surface area contributed by atoms with Gasteiger partial charge in [0, 0.05) is 24.2 Å². The van der Waals surface area contributed by atoms with Gasteiger partial charge in [-0.1, -0.05) is 13.8 Å². The molecule has 0 bridgehead atoms. The van der Waals surface area contributed by atoms with E-state index in [1.54, 1.807) is 28.9 Å². The lowest BCUT2D eigenvalue weighted by Crippen LogP contribution is -2.48. The van der Waals surface area contributed by atoms with Crippen LogP contribution in [0.5, 0.6) is 0 Å². The van der Waals surface area contributed by atoms with Crippen LogP contribution in [0.3, 0.4) is 0 Å². The highest BCUT2D eigenvalue weighted by atomic mass is 32.2. The van der Waals surface area contributed by atoms with Crippen LogP contribution in [-0.2, 0) is 4.79 Å². The van der Waals surface area contributed by atoms with Crippen molar-refractivity contribution in [3.05, 3.63) is 29.6 Å². The first-order valence-corrected chi connectivity index (χ1v) is 8.23. The van der Waals surface area contributed by atoms with E-state index in [9.17, 15) is 9.59 Å². The normalized spacial score (nSPS) is 18.1. The van der Waals surface area contributed by atoms with Crippen molar-refractivity contribution in [3.63, 3.8) is 0 Å². The van der Waals surface area contributed by atoms with Crippen molar-refractivity contribution < 1.29 is 9.59 Å². The van der Waals surface area contributed by atoms with Gasteiger partial charge in [0.05, 0.1) is 11.4 Å². The van der Waals surface area contributed by atoms with E-state index < -0.39 is 0 Å². The second kappa shape index (κ2) is 6.93. The van der Waals surface area contributed by atoms with Gasteiger partial charge in [0.25, 0.3) is 5.91 Å². The molecule has 2 rings (SSSR count). The molecule has 5 nitrogen and oxygen atoms in total. The molecular formula is C15H21N3O2S. The highest BCUT2D eigenvalue weighted by Gasteiger charge is 2.35. The number of carbonyl (C=O) groups is 2. The Morgan fingerprint density at radius 3 is 2.86 bits per heavy atom. The summed E-state index contributed by atoms with van der Waals surface area (Å²) in [6.45, 7) is 6.60. The van der Waals surface area contributed by atoms with Gasteiger partial charge in [-0.25, -0.2) is 0 Å². The summed E-state index contributed by atoms with van der Waals surface area (Å²) >= 11 is 1.60. The third-order valence-corrected chi connectivity index (χ3v) is 4.30. The van der Waals surface area contributed by atoms with Crippen molar-refractivity contribution in [2.45, 2.75) is 26.8 Å². The molecular weight excluding hydrogens is 286 g/mol. The highest BCUT2D eigenvalue weighted by Crippen LogP contribution is 2.23. The van der Waals surface area contributed by atoms with Gasteiger partial charge in [-0.3, -0.25) is 14.6 Å². The fourth-order valence-corrected chi connectivity index (χ4v) is 3.20. The van der Waals surface area contributed by atoms with Crippen molar-refractivity contribution in [2.24, 2.45) is 5.92 Å². The smallest absolute Gasteiger partial charge is 0.256 e. The van der Waals surface area contributed by atoms with Gasteiger partial charge in [0.1, 0.15) is 6.04 Å². The lowest BCUT2D eigenvalue weighted by atomic mass is 10.2. The summed E-state index contributed by atoms with van der Waals surface area (Å²) in [6.07, 6.45) is 1.57. The third-order valence-electron chi connectivity index (χ3n) is 3.29. The number of nitrogens with one attached hydrogen (secondary N) is 1. The Balaban J connectivity index is 2.05. The molecule has 1 atom stereocenters. The largest absolute Gasteiger partial charge is 0.354 e. The zero-order valence-corrected chi connectivity index (χ0v) is 13.4. The van der Waals surface area contributed by atoms with E-state index in [0.29, 0.717) is 29.7 Å². The van der Waals surface area contributed by atoms with E-state index in [4.69, 9.17) is 0 Å². The Labute approximate surface area is 129 Å². The lowest BCUT2D eigenvalue weighted by molar-refractivity contribution is -0.124. The van der Waals surface area contributed by atoms with Crippen LogP contribution in [-0.4, -0.2) is 45.9 Å². The van der Waals surface area contributed by atoms with E-state index in [1.807, 2.05) is 26.8 Å². The van der Waals surface area contributed by atoms with E-state index in [2.05, 4.69) is 10.3 Å². The Bertz CT molecular complexity index is 516. The molecule has 21 heavy (non-hydrogen) atoms. The Hall–Kier alpha value is -1.56. The van der Waals surface area contributed by atoms with Crippen molar-refractivity contribution in [3.8, 4) is 0 Å². The molecule has 1 fully saturated rings. The molecule has 114 valence electrons. The van der Waals surface area contributed by atoms with E-state index in [1.165, 1.54) is 0 Å². The van der Waals surface area contributed by atoms with E-state index in [0.717, 1.165) is 5.69 Å². The minimum Gasteiger partial charge on any atom is -0.354 e. The molecule has 0 unspecified atom stereocenters. The molecule has 0 aliphatic carbocycles. The molecule has 0 saturated carbocycles. The topological polar surface area (TPSA) is 62.3 Å². The number of nitrogens with zero attached hydrogens (tertiary/aromatic N) is 2. The summed E-state index contributed by atoms with van der Waals surface area (Å²) in [5, 5.41) is 2.91. The molecule has 0 spiro atoms. The highest BCUT2D eigenvalue weighted by molar-refractivity contribution is 7.99. The first-order valence-electron chi connectivity index (χ1n) is 7.08. The number of aryl methyl sites for hydroxylation is 1. The second-order valence-electron chi connectivity index (χ2n) is 5.62. The fraction of sp³-hybridized carbons (Fsp3) is 0.533. The Kier molecular flexibility index (Phi) is 5.22. The zero-order valence-electron chi connectivity index (χ0n) is 12.6. The van der Waals surface area contributed by atoms with Crippen molar-refractivity contribution in [1.29, 1.82) is 0 Å². The molecule has 1 aromatic rings. The van der Waals surface area contributed by atoms with Crippen LogP contribution in [0, 0.1) is 12.8 Å². The van der Waals surface area contributed by atoms with Crippen molar-refractivity contribution >= 4 is 23.6 Å². The minimum absolute atomic E-state index is 0.0675. The molecule has 1 N–H and O–H groups in total. The number of pyridine rings is 1. The van der Waals surface area contributed by atoms with Crippen LogP contribution in [0.4, 0.5) is 0 Å². The van der Waals surface area contributed by atoms with Crippen LogP contribution in [0.1, 0.15) is 29.9 Å². The zero-order chi connectivity index (χ0) is 15.4. The van der Waals surface area contributed by atoms with Gasteiger partial charge in [-0.05, 0) is 25.0 Å². The van der Waals surface area contributed by atoms with Crippen LogP contribution in [0.2, 0.25) is 0 Å². The summed E-state index contributed by atoms with van der Waals surface area (Å²) in [5.74, 6) is 1.40. The number of hydrogen-bond acceptors (Lipinski definition) is 4. The Morgan fingerprint density at radius 2 is 2.24 bits per heavy atom. The molecule has 1 aliphatic rings. The van der Waals surface area contributed by atoms with Gasteiger partial charge >= 0.3 is 0 Å². The van der Waals surface area contributed by atoms with Crippen LogP contribution in [0.25, 0.3) is 0 Å². The number of rotatable bonds is 4. The summed E-state index contributed by atoms with van der Waals surface area (Å²) in [4.78, 5) is 30.5. The molecule has 6 heteroatoms. The van der Waals surface area contributed by atoms with Gasteiger partial charge in [-0.15, -0.1) is 11.8 Å². The average molecular weight is 307 g/mol. The predicted octanol–water partition coefficient (Wildman–Crippen LogP) is 1.68. The van der Waals surface area contributed by atoms with Gasteiger partial charge < -0.3 is 10.2 Å². The summed E-state index contributed by atoms with van der Waals surface area (Å²) in [6, 6.07) is 3.18. The summed E-state index contributed by atoms with van der Waals surface area (Å²) in [5.41, 5.74) is 1.40. The van der Waals surface area contributed by atoms with Crippen molar-refractivity contribution in [1.82, 2.24) is 15.2 Å². The molecule has 1 aliphatic heterocycles. The van der Waals surface area contributed by atoms with Crippen LogP contribution >= 0.6 is 11.8 Å². The minimum atomic E-state index is -0.387. The molecule has 2 heterocycles. The molecule has 0 radical (unpaired) electrons. The quantitative estimate of drug-likeness (QED) is 0.919. The monoisotopic (exact) mass is 307 g/mol. The third kappa shape index (κ3) is 3.97. The van der Waals surface area contributed by atoms with Crippen LogP contribution < -0.4 is 5.32 Å². The molecule has 1 aromatic heterocycles. The van der Waals surface area contributed by atoms with Gasteiger partial charge in [0.15, 0.2) is 0 Å². The SMILES string of the molecule is Cc1ccc(C(=O)N2CSC[C@H]2C(=O)NCC(C)C)cn1. The molecule has 1 saturated heterocycles. The first kappa shape index (κ1) is 15.8. The predicted molar refractivity (Wildman–Crippen MR) is 84.1 cm³/mol. The number of aromatic nitrogens is 1. The first-order chi connectivity index (χ1) is 9.99. The molecule has 2 amide bonds. The molecule has 0 aromatic carbocycles. The fourth-order valence-electron chi connectivity index (χ4n) is 2.04. The summed E-state index contributed by atoms with van der Waals surface area (Å²) < 4.78 is 0. The maximum absolute atomic E-state index is 12.5. The second-order valence-corrected chi connectivity index (χ2v) is 6.62. The van der Waals surface area contributed by atoms with E-state index in [-0.39, 0.29) is 17.9 Å². The maximum Gasteiger partial charge on any atom is 0.256 e. The maximum atomic E-state index is 12.5. The number of carbonyl (C=O) groups excluding carboxylic acids is 2. The number of hydrogen-bond donors (Lipinski definition) is 1. The van der Waals surface area contributed by atoms with Crippen molar-refractivity contribution in [2.75, 3.05) is 18.2 Å². The van der Waals surface area contributed by atoms with E-state index >= 15 is 0 Å². The van der Waals surface area contributed by atoms with Gasteiger partial charge in [-0.2, -0.15) is 0 Å². The number of amides is 2. The standard InChI is InChI=1S/C15H21N3O2S/c1-10(2)6-17-14(19)13-8-21-9-18(13)15(20)12-5-4-11(3)16-7-12/h4-5,7,10,13H,6,8-9H2,1-3H3,(H,17,19)/t13-/m0/s1. The van der Waals surface area contributed by atoms with Gasteiger partial charge in [0.2, 0.25) is 5.91 Å². The summed E-state index contributed by atoms with van der Waals surface area (Å²) in [7, 11) is 0. The Morgan fingerprint density at radius 1 is 1.48 bits per heavy atom. The number of thioether (sulfide) groups is 1.